The molecule has 2 rings (SSSR count). The van der Waals surface area contributed by atoms with Crippen molar-refractivity contribution >= 4 is 17.6 Å². The van der Waals surface area contributed by atoms with Gasteiger partial charge in [0.2, 0.25) is 5.91 Å². The number of hydrogen-bond acceptors (Lipinski definition) is 2. The molecule has 1 aliphatic rings. The predicted molar refractivity (Wildman–Crippen MR) is 77.7 cm³/mol. The van der Waals surface area contributed by atoms with Crippen molar-refractivity contribution < 1.29 is 19.1 Å². The van der Waals surface area contributed by atoms with E-state index in [4.69, 9.17) is 0 Å². The van der Waals surface area contributed by atoms with Gasteiger partial charge >= 0.3 is 5.97 Å². The van der Waals surface area contributed by atoms with E-state index in [1.807, 2.05) is 0 Å². The van der Waals surface area contributed by atoms with E-state index in [9.17, 15) is 19.1 Å². The van der Waals surface area contributed by atoms with Gasteiger partial charge in [0, 0.05) is 18.7 Å². The lowest BCUT2D eigenvalue weighted by atomic mass is 9.79. The first-order valence-corrected chi connectivity index (χ1v) is 7.25. The summed E-state index contributed by atoms with van der Waals surface area (Å²) in [6.45, 7) is 4.05. The van der Waals surface area contributed by atoms with Crippen LogP contribution in [0.25, 0.3) is 0 Å². The molecule has 4 nitrogen and oxygen atoms in total. The number of fused-ring (bicyclic) bond motifs is 1. The minimum atomic E-state index is -1.03. The van der Waals surface area contributed by atoms with Gasteiger partial charge in [-0.15, -0.1) is 0 Å². The highest BCUT2D eigenvalue weighted by atomic mass is 19.1. The van der Waals surface area contributed by atoms with Gasteiger partial charge in [-0.3, -0.25) is 9.59 Å². The van der Waals surface area contributed by atoms with E-state index < -0.39 is 11.4 Å². The summed E-state index contributed by atoms with van der Waals surface area (Å²) in [6.07, 6.45) is 1.42. The molecule has 1 amide bonds. The Hall–Kier alpha value is -1.91. The molecule has 0 saturated heterocycles. The van der Waals surface area contributed by atoms with Crippen molar-refractivity contribution in [1.29, 1.82) is 0 Å². The summed E-state index contributed by atoms with van der Waals surface area (Å²) in [5.41, 5.74) is 0.470. The minimum Gasteiger partial charge on any atom is -0.481 e. The molecule has 5 heteroatoms. The fourth-order valence-electron chi connectivity index (χ4n) is 2.87. The number of halogens is 1. The maximum absolute atomic E-state index is 13.4. The predicted octanol–water partition coefficient (Wildman–Crippen LogP) is 3.00. The summed E-state index contributed by atoms with van der Waals surface area (Å²) >= 11 is 0. The molecular weight excluding hydrogens is 273 g/mol. The fraction of sp³-hybridized carbons (Fsp3) is 0.500. The van der Waals surface area contributed by atoms with Gasteiger partial charge in [0.15, 0.2) is 0 Å². The number of hydrogen-bond donors (Lipinski definition) is 1. The number of carbonyl (C=O) groups is 2. The quantitative estimate of drug-likeness (QED) is 0.908. The van der Waals surface area contributed by atoms with Crippen molar-refractivity contribution in [2.75, 3.05) is 11.4 Å². The SMILES string of the molecule is CCC(CC)(CC(=O)N1CCc2ccc(F)cc21)C(=O)O. The zero-order chi connectivity index (χ0) is 15.6. The van der Waals surface area contributed by atoms with Crippen LogP contribution < -0.4 is 4.90 Å². The molecule has 114 valence electrons. The van der Waals surface area contributed by atoms with Crippen LogP contribution in [0.15, 0.2) is 18.2 Å². The second-order valence-corrected chi connectivity index (χ2v) is 5.54. The highest BCUT2D eigenvalue weighted by molar-refractivity contribution is 5.98. The average Bonchev–Trinajstić information content (AvgIpc) is 2.87. The third kappa shape index (κ3) is 2.77. The number of benzene rings is 1. The van der Waals surface area contributed by atoms with E-state index in [2.05, 4.69) is 0 Å². The first-order valence-electron chi connectivity index (χ1n) is 7.25. The van der Waals surface area contributed by atoms with Crippen LogP contribution in [0.3, 0.4) is 0 Å². The lowest BCUT2D eigenvalue weighted by molar-refractivity contribution is -0.152. The molecule has 0 fully saturated rings. The lowest BCUT2D eigenvalue weighted by Gasteiger charge is -2.28. The van der Waals surface area contributed by atoms with Crippen molar-refractivity contribution in [2.24, 2.45) is 5.41 Å². The summed E-state index contributed by atoms with van der Waals surface area (Å²) in [7, 11) is 0. The first kappa shape index (κ1) is 15.5. The molecule has 0 bridgehead atoms. The standard InChI is InChI=1S/C16H20FNO3/c1-3-16(4-2,15(20)21)10-14(19)18-8-7-11-5-6-12(17)9-13(11)18/h5-6,9H,3-4,7-8,10H2,1-2H3,(H,20,21). The Morgan fingerprint density at radius 2 is 2.00 bits per heavy atom. The summed E-state index contributed by atoms with van der Waals surface area (Å²) in [6, 6.07) is 4.41. The van der Waals surface area contributed by atoms with E-state index in [0.29, 0.717) is 31.5 Å². The number of rotatable bonds is 5. The Morgan fingerprint density at radius 3 is 2.57 bits per heavy atom. The van der Waals surface area contributed by atoms with Gasteiger partial charge < -0.3 is 10.0 Å². The second kappa shape index (κ2) is 5.84. The largest absolute Gasteiger partial charge is 0.481 e. The first-order chi connectivity index (χ1) is 9.93. The van der Waals surface area contributed by atoms with Crippen molar-refractivity contribution in [3.8, 4) is 0 Å². The number of anilines is 1. The number of carbonyl (C=O) groups excluding carboxylic acids is 1. The Morgan fingerprint density at radius 1 is 1.33 bits per heavy atom. The molecule has 0 atom stereocenters. The Kier molecular flexibility index (Phi) is 4.30. The van der Waals surface area contributed by atoms with Crippen LogP contribution in [0.4, 0.5) is 10.1 Å². The lowest BCUT2D eigenvalue weighted by Crippen LogP contribution is -2.38. The van der Waals surface area contributed by atoms with E-state index in [1.165, 1.54) is 17.0 Å². The van der Waals surface area contributed by atoms with Crippen molar-refractivity contribution in [1.82, 2.24) is 0 Å². The molecule has 0 saturated carbocycles. The summed E-state index contributed by atoms with van der Waals surface area (Å²) in [5.74, 6) is -1.58. The Balaban J connectivity index is 2.23. The fourth-order valence-corrected chi connectivity index (χ4v) is 2.87. The third-order valence-electron chi connectivity index (χ3n) is 4.54. The highest BCUT2D eigenvalue weighted by Gasteiger charge is 2.39. The van der Waals surface area contributed by atoms with E-state index in [0.717, 1.165) is 5.56 Å². The zero-order valence-electron chi connectivity index (χ0n) is 12.4. The summed E-state index contributed by atoms with van der Waals surface area (Å²) in [4.78, 5) is 25.5. The molecule has 1 aliphatic heterocycles. The van der Waals surface area contributed by atoms with Gasteiger partial charge in [0.25, 0.3) is 0 Å². The van der Waals surface area contributed by atoms with Crippen LogP contribution in [-0.2, 0) is 16.0 Å². The molecule has 21 heavy (non-hydrogen) atoms. The van der Waals surface area contributed by atoms with Crippen LogP contribution in [0.1, 0.15) is 38.7 Å². The van der Waals surface area contributed by atoms with Gasteiger partial charge in [0.05, 0.1) is 5.41 Å². The molecule has 0 aromatic heterocycles. The summed E-state index contributed by atoms with van der Waals surface area (Å²) < 4.78 is 13.4. The van der Waals surface area contributed by atoms with Crippen LogP contribution in [0.2, 0.25) is 0 Å². The molecule has 0 unspecified atom stereocenters. The maximum Gasteiger partial charge on any atom is 0.310 e. The van der Waals surface area contributed by atoms with Gasteiger partial charge in [-0.2, -0.15) is 0 Å². The van der Waals surface area contributed by atoms with Gasteiger partial charge in [-0.1, -0.05) is 19.9 Å². The maximum atomic E-state index is 13.4. The van der Waals surface area contributed by atoms with Crippen molar-refractivity contribution in [2.45, 2.75) is 39.5 Å². The monoisotopic (exact) mass is 293 g/mol. The van der Waals surface area contributed by atoms with Crippen LogP contribution in [0.5, 0.6) is 0 Å². The van der Waals surface area contributed by atoms with Crippen LogP contribution in [0, 0.1) is 11.2 Å². The van der Waals surface area contributed by atoms with Crippen LogP contribution >= 0.6 is 0 Å². The van der Waals surface area contributed by atoms with E-state index in [-0.39, 0.29) is 18.1 Å². The van der Waals surface area contributed by atoms with E-state index in [1.54, 1.807) is 19.9 Å². The number of aliphatic carboxylic acids is 1. The van der Waals surface area contributed by atoms with E-state index >= 15 is 0 Å². The Bertz CT molecular complexity index is 567. The topological polar surface area (TPSA) is 57.6 Å². The number of carboxylic acid groups (broad SMARTS) is 1. The molecule has 1 aromatic rings. The van der Waals surface area contributed by atoms with Crippen molar-refractivity contribution in [3.63, 3.8) is 0 Å². The number of carboxylic acids is 1. The Labute approximate surface area is 123 Å². The molecule has 1 N–H and O–H groups in total. The van der Waals surface area contributed by atoms with Gasteiger partial charge in [0.1, 0.15) is 5.82 Å². The molecule has 0 spiro atoms. The van der Waals surface area contributed by atoms with Gasteiger partial charge in [-0.25, -0.2) is 4.39 Å². The second-order valence-electron chi connectivity index (χ2n) is 5.54. The molecule has 1 aromatic carbocycles. The normalized spacial score (nSPS) is 14.1. The zero-order valence-corrected chi connectivity index (χ0v) is 12.4. The molecule has 0 aliphatic carbocycles. The number of amides is 1. The molecule has 1 heterocycles. The summed E-state index contributed by atoms with van der Waals surface area (Å²) in [5, 5.41) is 9.42. The molecular formula is C16H20FNO3. The third-order valence-corrected chi connectivity index (χ3v) is 4.54. The molecule has 0 radical (unpaired) electrons. The minimum absolute atomic E-state index is 0.0503. The number of nitrogens with zero attached hydrogens (tertiary/aromatic N) is 1. The van der Waals surface area contributed by atoms with Gasteiger partial charge in [-0.05, 0) is 37.0 Å². The average molecular weight is 293 g/mol. The van der Waals surface area contributed by atoms with Crippen LogP contribution in [-0.4, -0.2) is 23.5 Å². The highest BCUT2D eigenvalue weighted by Crippen LogP contribution is 2.35. The smallest absolute Gasteiger partial charge is 0.310 e. The van der Waals surface area contributed by atoms with Crippen molar-refractivity contribution in [3.05, 3.63) is 29.6 Å².